The number of piperidine rings is 1. The Morgan fingerprint density at radius 2 is 2.05 bits per heavy atom. The molecule has 2 heterocycles. The van der Waals surface area contributed by atoms with Crippen molar-refractivity contribution in [3.8, 4) is 5.88 Å². The summed E-state index contributed by atoms with van der Waals surface area (Å²) in [6.45, 7) is 10.8. The van der Waals surface area contributed by atoms with Crippen LogP contribution < -0.4 is 15.0 Å². The zero-order valence-electron chi connectivity index (χ0n) is 13.7. The summed E-state index contributed by atoms with van der Waals surface area (Å²) in [6.07, 6.45) is 2.44. The molecule has 0 unspecified atom stereocenters. The van der Waals surface area contributed by atoms with Crippen LogP contribution in [0, 0.1) is 18.8 Å². The summed E-state index contributed by atoms with van der Waals surface area (Å²) >= 11 is 0. The molecule has 1 aromatic rings. The van der Waals surface area contributed by atoms with Gasteiger partial charge < -0.3 is 15.0 Å². The maximum absolute atomic E-state index is 5.24. The fraction of sp³-hybridized carbons (Fsp3) is 0.750. The minimum Gasteiger partial charge on any atom is -0.481 e. The minimum atomic E-state index is 0.651. The van der Waals surface area contributed by atoms with E-state index in [0.717, 1.165) is 49.7 Å². The van der Waals surface area contributed by atoms with Crippen LogP contribution in [0.1, 0.15) is 32.5 Å². The highest BCUT2D eigenvalue weighted by molar-refractivity contribution is 5.42. The smallest absolute Gasteiger partial charge is 0.218 e. The Bertz CT molecular complexity index is 442. The van der Waals surface area contributed by atoms with Crippen LogP contribution in [0.4, 0.5) is 5.82 Å². The fourth-order valence-electron chi connectivity index (χ4n) is 2.73. The van der Waals surface area contributed by atoms with Crippen molar-refractivity contribution in [2.45, 2.75) is 33.6 Å². The Morgan fingerprint density at radius 3 is 2.67 bits per heavy atom. The molecule has 1 aliphatic rings. The molecular weight excluding hydrogens is 264 g/mol. The van der Waals surface area contributed by atoms with Gasteiger partial charge in [-0.2, -0.15) is 4.98 Å². The van der Waals surface area contributed by atoms with Crippen LogP contribution >= 0.6 is 0 Å². The van der Waals surface area contributed by atoms with Crippen molar-refractivity contribution < 1.29 is 4.74 Å². The zero-order valence-corrected chi connectivity index (χ0v) is 13.7. The normalized spacial score (nSPS) is 16.5. The van der Waals surface area contributed by atoms with Crippen LogP contribution in [-0.2, 0) is 0 Å². The Kier molecular flexibility index (Phi) is 5.79. The highest BCUT2D eigenvalue weighted by Gasteiger charge is 2.20. The van der Waals surface area contributed by atoms with Gasteiger partial charge in [-0.05, 0) is 44.7 Å². The third kappa shape index (κ3) is 4.84. The number of nitrogens with zero attached hydrogens (tertiary/aromatic N) is 3. The first-order valence-corrected chi connectivity index (χ1v) is 7.94. The second-order valence-corrected chi connectivity index (χ2v) is 6.30. The Hall–Kier alpha value is -1.36. The highest BCUT2D eigenvalue weighted by Crippen LogP contribution is 2.23. The second kappa shape index (κ2) is 7.59. The molecule has 0 saturated carbocycles. The quantitative estimate of drug-likeness (QED) is 0.871. The summed E-state index contributed by atoms with van der Waals surface area (Å²) in [5, 5.41) is 3.57. The fourth-order valence-corrected chi connectivity index (χ4v) is 2.73. The number of ether oxygens (including phenoxy) is 1. The molecule has 2 rings (SSSR count). The van der Waals surface area contributed by atoms with E-state index in [1.807, 2.05) is 13.0 Å². The molecule has 0 aliphatic carbocycles. The van der Waals surface area contributed by atoms with Crippen LogP contribution in [0.2, 0.25) is 0 Å². The van der Waals surface area contributed by atoms with E-state index in [2.05, 4.69) is 34.0 Å². The van der Waals surface area contributed by atoms with Gasteiger partial charge in [-0.15, -0.1) is 0 Å². The average Bonchev–Trinajstić information content (AvgIpc) is 2.47. The first-order valence-electron chi connectivity index (χ1n) is 7.94. The largest absolute Gasteiger partial charge is 0.481 e. The monoisotopic (exact) mass is 292 g/mol. The molecule has 21 heavy (non-hydrogen) atoms. The van der Waals surface area contributed by atoms with Crippen molar-refractivity contribution >= 4 is 5.82 Å². The number of nitrogens with one attached hydrogen (secondary N) is 1. The summed E-state index contributed by atoms with van der Waals surface area (Å²) in [4.78, 5) is 11.1. The van der Waals surface area contributed by atoms with E-state index < -0.39 is 0 Å². The lowest BCUT2D eigenvalue weighted by molar-refractivity contribution is 0.371. The average molecular weight is 292 g/mol. The van der Waals surface area contributed by atoms with Crippen molar-refractivity contribution in [1.29, 1.82) is 0 Å². The van der Waals surface area contributed by atoms with Gasteiger partial charge in [0.05, 0.1) is 7.11 Å². The van der Waals surface area contributed by atoms with Gasteiger partial charge in [0.2, 0.25) is 5.88 Å². The van der Waals surface area contributed by atoms with Crippen molar-refractivity contribution in [3.63, 3.8) is 0 Å². The van der Waals surface area contributed by atoms with Gasteiger partial charge in [0, 0.05) is 19.2 Å². The van der Waals surface area contributed by atoms with E-state index in [9.17, 15) is 0 Å². The van der Waals surface area contributed by atoms with E-state index in [1.165, 1.54) is 12.8 Å². The summed E-state index contributed by atoms with van der Waals surface area (Å²) < 4.78 is 5.24. The molecular formula is C16H28N4O. The van der Waals surface area contributed by atoms with Crippen LogP contribution in [0.15, 0.2) is 6.07 Å². The molecule has 0 bridgehead atoms. The van der Waals surface area contributed by atoms with E-state index in [0.29, 0.717) is 5.88 Å². The standard InChI is InChI=1S/C16H28N4O/c1-12(2)10-17-11-14-5-7-20(8-6-14)15-9-16(21-4)19-13(3)18-15/h9,12,14,17H,5-8,10-11H2,1-4H3. The lowest BCUT2D eigenvalue weighted by Crippen LogP contribution is -2.38. The zero-order chi connectivity index (χ0) is 15.2. The van der Waals surface area contributed by atoms with Crippen LogP contribution in [0.25, 0.3) is 0 Å². The van der Waals surface area contributed by atoms with Crippen molar-refractivity contribution in [2.24, 2.45) is 11.8 Å². The third-order valence-electron chi connectivity index (χ3n) is 3.93. The predicted octanol–water partition coefficient (Wildman–Crippen LogP) is 2.26. The van der Waals surface area contributed by atoms with E-state index in [4.69, 9.17) is 4.74 Å². The molecule has 0 aromatic carbocycles. The second-order valence-electron chi connectivity index (χ2n) is 6.30. The maximum atomic E-state index is 5.24. The molecule has 0 spiro atoms. The summed E-state index contributed by atoms with van der Waals surface area (Å²) in [6, 6.07) is 1.93. The van der Waals surface area contributed by atoms with E-state index in [-0.39, 0.29) is 0 Å². The Morgan fingerprint density at radius 1 is 1.33 bits per heavy atom. The molecule has 118 valence electrons. The number of hydrogen-bond donors (Lipinski definition) is 1. The molecule has 1 aliphatic heterocycles. The molecule has 0 amide bonds. The first-order chi connectivity index (χ1) is 10.1. The molecule has 5 nitrogen and oxygen atoms in total. The minimum absolute atomic E-state index is 0.651. The van der Waals surface area contributed by atoms with Gasteiger partial charge in [-0.3, -0.25) is 0 Å². The molecule has 0 radical (unpaired) electrons. The van der Waals surface area contributed by atoms with Crippen molar-refractivity contribution in [1.82, 2.24) is 15.3 Å². The number of aryl methyl sites for hydroxylation is 1. The van der Waals surface area contributed by atoms with Crippen molar-refractivity contribution in [2.75, 3.05) is 38.2 Å². The van der Waals surface area contributed by atoms with Crippen LogP contribution in [0.3, 0.4) is 0 Å². The highest BCUT2D eigenvalue weighted by atomic mass is 16.5. The molecule has 1 aromatic heterocycles. The Balaban J connectivity index is 1.84. The number of aromatic nitrogens is 2. The number of rotatable bonds is 6. The molecule has 1 saturated heterocycles. The van der Waals surface area contributed by atoms with Gasteiger partial charge in [0.1, 0.15) is 11.6 Å². The maximum Gasteiger partial charge on any atom is 0.218 e. The summed E-state index contributed by atoms with van der Waals surface area (Å²) in [5.74, 6) is 3.92. The summed E-state index contributed by atoms with van der Waals surface area (Å²) in [5.41, 5.74) is 0. The van der Waals surface area contributed by atoms with Gasteiger partial charge in [0.25, 0.3) is 0 Å². The van der Waals surface area contributed by atoms with E-state index in [1.54, 1.807) is 7.11 Å². The summed E-state index contributed by atoms with van der Waals surface area (Å²) in [7, 11) is 1.65. The first kappa shape index (κ1) is 16.0. The molecule has 5 heteroatoms. The van der Waals surface area contributed by atoms with Gasteiger partial charge >= 0.3 is 0 Å². The molecule has 0 atom stereocenters. The van der Waals surface area contributed by atoms with E-state index >= 15 is 0 Å². The lowest BCUT2D eigenvalue weighted by atomic mass is 9.96. The molecule has 1 N–H and O–H groups in total. The Labute approximate surface area is 128 Å². The SMILES string of the molecule is COc1cc(N2CCC(CNCC(C)C)CC2)nc(C)n1. The van der Waals surface area contributed by atoms with Gasteiger partial charge in [-0.1, -0.05) is 13.8 Å². The number of methoxy groups -OCH3 is 1. The topological polar surface area (TPSA) is 50.3 Å². The lowest BCUT2D eigenvalue weighted by Gasteiger charge is -2.33. The predicted molar refractivity (Wildman–Crippen MR) is 86.0 cm³/mol. The van der Waals surface area contributed by atoms with Gasteiger partial charge in [-0.25, -0.2) is 4.98 Å². The van der Waals surface area contributed by atoms with Crippen LogP contribution in [0.5, 0.6) is 5.88 Å². The number of hydrogen-bond acceptors (Lipinski definition) is 5. The van der Waals surface area contributed by atoms with Gasteiger partial charge in [0.15, 0.2) is 0 Å². The number of anilines is 1. The van der Waals surface area contributed by atoms with Crippen molar-refractivity contribution in [3.05, 3.63) is 11.9 Å². The van der Waals surface area contributed by atoms with Crippen LogP contribution in [-0.4, -0.2) is 43.3 Å². The molecule has 1 fully saturated rings. The third-order valence-corrected chi connectivity index (χ3v) is 3.93.